The van der Waals surface area contributed by atoms with Gasteiger partial charge in [0.25, 0.3) is 0 Å². The molecule has 0 rings (SSSR count). The largest absolute Gasteiger partial charge is 0.456 e. The van der Waals surface area contributed by atoms with Crippen LogP contribution in [-0.4, -0.2) is 69.2 Å². The Kier molecular flexibility index (Phi) is 12.6. The molecular weight excluding hydrogens is 454 g/mol. The Balaban J connectivity index is 5.54. The molecule has 35 heavy (non-hydrogen) atoms. The average molecular weight is 502 g/mol. The van der Waals surface area contributed by atoms with Gasteiger partial charge in [0.05, 0.1) is 17.6 Å². The van der Waals surface area contributed by atoms with E-state index >= 15 is 0 Å². The number of esters is 1. The SMILES string of the molecule is CC[C@H](O)C(C)(C)C(=O)[C@H](O)/C(C)=C(\C)[C@H](C)OC(=O)C(O)[C@H](CC(C)C)NC(=O)OC(C)(C)C. The summed E-state index contributed by atoms with van der Waals surface area (Å²) in [6, 6.07) is -0.932. The van der Waals surface area contributed by atoms with E-state index in [-0.39, 0.29) is 5.92 Å². The third-order valence-electron chi connectivity index (χ3n) is 6.09. The number of amides is 1. The summed E-state index contributed by atoms with van der Waals surface area (Å²) in [4.78, 5) is 37.7. The van der Waals surface area contributed by atoms with Crippen molar-refractivity contribution >= 4 is 17.8 Å². The Morgan fingerprint density at radius 3 is 1.86 bits per heavy atom. The standard InChI is InChI=1S/C26H47NO8/c1-12-19(28)26(10,11)22(31)20(29)16(5)15(4)17(6)34-23(32)21(30)18(13-14(2)3)27-24(33)35-25(7,8)9/h14,17-21,28-30H,12-13H2,1-11H3,(H,27,33)/b16-15+/t17-,18-,19-,20+,21?/m0/s1. The minimum absolute atomic E-state index is 0.0571. The molecule has 0 heterocycles. The van der Waals surface area contributed by atoms with E-state index in [0.29, 0.717) is 24.0 Å². The minimum atomic E-state index is -1.65. The maximum absolute atomic E-state index is 12.8. The van der Waals surface area contributed by atoms with E-state index in [2.05, 4.69) is 5.32 Å². The lowest BCUT2D eigenvalue weighted by atomic mass is 9.77. The smallest absolute Gasteiger partial charge is 0.407 e. The molecule has 9 nitrogen and oxygen atoms in total. The summed E-state index contributed by atoms with van der Waals surface area (Å²) < 4.78 is 10.6. The number of ether oxygens (including phenoxy) is 2. The summed E-state index contributed by atoms with van der Waals surface area (Å²) >= 11 is 0. The molecule has 0 bridgehead atoms. The lowest BCUT2D eigenvalue weighted by Gasteiger charge is -2.31. The highest BCUT2D eigenvalue weighted by molar-refractivity contribution is 5.91. The summed E-state index contributed by atoms with van der Waals surface area (Å²) in [5, 5.41) is 34.0. The van der Waals surface area contributed by atoms with Crippen LogP contribution in [0.3, 0.4) is 0 Å². The van der Waals surface area contributed by atoms with Gasteiger partial charge in [-0.25, -0.2) is 9.59 Å². The van der Waals surface area contributed by atoms with Crippen LogP contribution in [-0.2, 0) is 19.1 Å². The van der Waals surface area contributed by atoms with E-state index in [4.69, 9.17) is 9.47 Å². The van der Waals surface area contributed by atoms with E-state index in [1.165, 1.54) is 0 Å². The number of ketones is 1. The number of hydrogen-bond donors (Lipinski definition) is 4. The van der Waals surface area contributed by atoms with Crippen LogP contribution in [0, 0.1) is 11.3 Å². The topological polar surface area (TPSA) is 142 Å². The van der Waals surface area contributed by atoms with E-state index in [1.54, 1.807) is 62.3 Å². The molecule has 0 spiro atoms. The van der Waals surface area contributed by atoms with Crippen LogP contribution in [0.25, 0.3) is 0 Å². The van der Waals surface area contributed by atoms with Crippen LogP contribution in [0.5, 0.6) is 0 Å². The Bertz CT molecular complexity index is 766. The van der Waals surface area contributed by atoms with Gasteiger partial charge in [-0.3, -0.25) is 4.79 Å². The van der Waals surface area contributed by atoms with Crippen molar-refractivity contribution < 1.29 is 39.2 Å². The summed E-state index contributed by atoms with van der Waals surface area (Å²) in [7, 11) is 0. The number of Topliss-reactive ketones (excluding diaryl/α,β-unsaturated/α-hetero) is 1. The van der Waals surface area contributed by atoms with Crippen molar-refractivity contribution in [3.63, 3.8) is 0 Å². The molecule has 0 fully saturated rings. The summed E-state index contributed by atoms with van der Waals surface area (Å²) in [6.07, 6.45) is -5.01. The fourth-order valence-electron chi connectivity index (χ4n) is 3.49. The summed E-state index contributed by atoms with van der Waals surface area (Å²) in [6.45, 7) is 18.5. The lowest BCUT2D eigenvalue weighted by molar-refractivity contribution is -0.158. The average Bonchev–Trinajstić information content (AvgIpc) is 2.73. The molecule has 0 saturated carbocycles. The van der Waals surface area contributed by atoms with Crippen molar-refractivity contribution in [3.8, 4) is 0 Å². The van der Waals surface area contributed by atoms with Crippen LogP contribution in [0.2, 0.25) is 0 Å². The van der Waals surface area contributed by atoms with Gasteiger partial charge in [0, 0.05) is 0 Å². The van der Waals surface area contributed by atoms with Crippen molar-refractivity contribution in [2.75, 3.05) is 0 Å². The first-order chi connectivity index (χ1) is 15.8. The maximum atomic E-state index is 12.8. The molecule has 5 atom stereocenters. The Labute approximate surface area is 210 Å². The predicted molar refractivity (Wildman–Crippen MR) is 134 cm³/mol. The number of aliphatic hydroxyl groups excluding tert-OH is 3. The Hall–Kier alpha value is -1.97. The van der Waals surface area contributed by atoms with Crippen molar-refractivity contribution in [1.82, 2.24) is 5.32 Å². The van der Waals surface area contributed by atoms with Crippen molar-refractivity contribution in [2.45, 2.75) is 125 Å². The highest BCUT2D eigenvalue weighted by Gasteiger charge is 2.39. The second kappa shape index (κ2) is 13.4. The highest BCUT2D eigenvalue weighted by atomic mass is 16.6. The number of nitrogens with one attached hydrogen (secondary N) is 1. The first-order valence-corrected chi connectivity index (χ1v) is 12.2. The molecule has 0 aromatic rings. The van der Waals surface area contributed by atoms with Gasteiger partial charge in [0.15, 0.2) is 11.9 Å². The molecule has 0 aromatic heterocycles. The van der Waals surface area contributed by atoms with Crippen molar-refractivity contribution in [1.29, 1.82) is 0 Å². The molecule has 1 amide bonds. The zero-order valence-electron chi connectivity index (χ0n) is 23.3. The molecule has 0 aliphatic carbocycles. The van der Waals surface area contributed by atoms with Crippen molar-refractivity contribution in [3.05, 3.63) is 11.1 Å². The van der Waals surface area contributed by atoms with Gasteiger partial charge in [-0.05, 0) is 71.4 Å². The second-order valence-electron chi connectivity index (χ2n) is 11.2. The van der Waals surface area contributed by atoms with Gasteiger partial charge in [-0.15, -0.1) is 0 Å². The van der Waals surface area contributed by atoms with E-state index in [1.807, 2.05) is 13.8 Å². The maximum Gasteiger partial charge on any atom is 0.407 e. The van der Waals surface area contributed by atoms with Crippen LogP contribution >= 0.6 is 0 Å². The quantitative estimate of drug-likeness (QED) is 0.236. The first-order valence-electron chi connectivity index (χ1n) is 12.2. The van der Waals surface area contributed by atoms with Gasteiger partial charge >= 0.3 is 12.1 Å². The molecule has 0 saturated heterocycles. The van der Waals surface area contributed by atoms with Crippen LogP contribution < -0.4 is 5.32 Å². The highest BCUT2D eigenvalue weighted by Crippen LogP contribution is 2.29. The number of hydrogen-bond acceptors (Lipinski definition) is 8. The third kappa shape index (κ3) is 10.3. The molecule has 0 radical (unpaired) electrons. The Morgan fingerprint density at radius 2 is 1.43 bits per heavy atom. The molecule has 0 aliphatic heterocycles. The van der Waals surface area contributed by atoms with Crippen LogP contribution in [0.1, 0.15) is 89.0 Å². The van der Waals surface area contributed by atoms with E-state index < -0.39 is 59.3 Å². The summed E-state index contributed by atoms with van der Waals surface area (Å²) in [5.74, 6) is -1.43. The molecule has 204 valence electrons. The minimum Gasteiger partial charge on any atom is -0.456 e. The molecule has 9 heteroatoms. The zero-order valence-corrected chi connectivity index (χ0v) is 23.3. The van der Waals surface area contributed by atoms with Crippen LogP contribution in [0.4, 0.5) is 4.79 Å². The van der Waals surface area contributed by atoms with E-state index in [9.17, 15) is 29.7 Å². The molecule has 0 aliphatic rings. The fraction of sp³-hybridized carbons (Fsp3) is 0.808. The van der Waals surface area contributed by atoms with Crippen molar-refractivity contribution in [2.24, 2.45) is 11.3 Å². The van der Waals surface area contributed by atoms with Gasteiger partial charge in [-0.1, -0.05) is 34.6 Å². The number of carbonyl (C=O) groups excluding carboxylic acids is 3. The number of aliphatic hydroxyl groups is 3. The molecule has 4 N–H and O–H groups in total. The van der Waals surface area contributed by atoms with Gasteiger partial charge in [0.1, 0.15) is 17.8 Å². The van der Waals surface area contributed by atoms with E-state index in [0.717, 1.165) is 0 Å². The van der Waals surface area contributed by atoms with Gasteiger partial charge in [-0.2, -0.15) is 0 Å². The number of carbonyl (C=O) groups is 3. The zero-order chi connectivity index (χ0) is 27.9. The number of rotatable bonds is 12. The second-order valence-corrected chi connectivity index (χ2v) is 11.2. The predicted octanol–water partition coefficient (Wildman–Crippen LogP) is 3.28. The monoisotopic (exact) mass is 501 g/mol. The molecular formula is C26H47NO8. The molecule has 1 unspecified atom stereocenters. The number of alkyl carbamates (subject to hydrolysis) is 1. The third-order valence-corrected chi connectivity index (χ3v) is 6.09. The lowest BCUT2D eigenvalue weighted by Crippen LogP contribution is -2.50. The van der Waals surface area contributed by atoms with Gasteiger partial charge < -0.3 is 30.1 Å². The van der Waals surface area contributed by atoms with Crippen LogP contribution in [0.15, 0.2) is 11.1 Å². The van der Waals surface area contributed by atoms with Gasteiger partial charge in [0.2, 0.25) is 0 Å². The fourth-order valence-corrected chi connectivity index (χ4v) is 3.49. The normalized spacial score (nSPS) is 17.6. The molecule has 0 aromatic carbocycles. The Morgan fingerprint density at radius 1 is 0.914 bits per heavy atom. The summed E-state index contributed by atoms with van der Waals surface area (Å²) in [5.41, 5.74) is -1.17. The first kappa shape index (κ1) is 33.0.